The Bertz CT molecular complexity index is 2810. The van der Waals surface area contributed by atoms with Crippen molar-refractivity contribution in [2.24, 2.45) is 0 Å². The van der Waals surface area contributed by atoms with Gasteiger partial charge in [-0.15, -0.1) is 0 Å². The van der Waals surface area contributed by atoms with Crippen molar-refractivity contribution in [3.8, 4) is 51.0 Å². The first-order valence-corrected chi connectivity index (χ1v) is 18.8. The number of rotatable bonds is 4. The average Bonchev–Trinajstić information content (AvgIpc) is 3.72. The van der Waals surface area contributed by atoms with Crippen LogP contribution in [0.4, 0.5) is 0 Å². The molecule has 2 heterocycles. The van der Waals surface area contributed by atoms with Crippen molar-refractivity contribution in [1.29, 1.82) is 0 Å². The molecule has 1 spiro atoms. The van der Waals surface area contributed by atoms with Crippen molar-refractivity contribution in [3.63, 3.8) is 0 Å². The second-order valence-electron chi connectivity index (χ2n) is 14.6. The lowest BCUT2D eigenvalue weighted by Gasteiger charge is -2.36. The predicted molar refractivity (Wildman–Crippen MR) is 217 cm³/mol. The molecular formula is C49H36N4. The maximum Gasteiger partial charge on any atom is 0.164 e. The number of para-hydroxylation sites is 1. The lowest BCUT2D eigenvalue weighted by atomic mass is 9.66. The molecule has 0 bridgehead atoms. The van der Waals surface area contributed by atoms with Crippen LogP contribution in [0.3, 0.4) is 0 Å². The molecule has 0 amide bonds. The predicted octanol–water partition coefficient (Wildman–Crippen LogP) is 12.4. The molecule has 0 radical (unpaired) electrons. The molecule has 1 fully saturated rings. The summed E-state index contributed by atoms with van der Waals surface area (Å²) in [4.78, 5) is 15.1. The zero-order chi connectivity index (χ0) is 34.9. The summed E-state index contributed by atoms with van der Waals surface area (Å²) >= 11 is 0. The molecule has 53 heavy (non-hydrogen) atoms. The van der Waals surface area contributed by atoms with E-state index in [9.17, 15) is 0 Å². The van der Waals surface area contributed by atoms with Gasteiger partial charge in [0.1, 0.15) is 0 Å². The highest BCUT2D eigenvalue weighted by Gasteiger charge is 2.46. The molecule has 1 saturated carbocycles. The number of aromatic nitrogens is 4. The van der Waals surface area contributed by atoms with E-state index < -0.39 is 0 Å². The van der Waals surface area contributed by atoms with Gasteiger partial charge in [-0.05, 0) is 58.7 Å². The molecule has 11 rings (SSSR count). The number of fused-ring (bicyclic) bond motifs is 12. The lowest BCUT2D eigenvalue weighted by molar-refractivity contribution is 0.355. The van der Waals surface area contributed by atoms with E-state index in [1.54, 1.807) is 0 Å². The van der Waals surface area contributed by atoms with E-state index in [-0.39, 0.29) is 5.41 Å². The number of hydrogen-bond acceptors (Lipinski definition) is 3. The van der Waals surface area contributed by atoms with Gasteiger partial charge in [-0.25, -0.2) is 15.0 Å². The van der Waals surface area contributed by atoms with Crippen LogP contribution in [0, 0.1) is 0 Å². The highest BCUT2D eigenvalue weighted by Crippen LogP contribution is 2.61. The third-order valence-corrected chi connectivity index (χ3v) is 11.8. The van der Waals surface area contributed by atoms with Gasteiger partial charge in [0, 0.05) is 44.0 Å². The second kappa shape index (κ2) is 11.8. The molecule has 4 heteroatoms. The molecule has 2 aromatic heterocycles. The molecular weight excluding hydrogens is 645 g/mol. The zero-order valence-corrected chi connectivity index (χ0v) is 29.3. The van der Waals surface area contributed by atoms with Gasteiger partial charge in [-0.3, -0.25) is 0 Å². The van der Waals surface area contributed by atoms with Gasteiger partial charge >= 0.3 is 0 Å². The first-order chi connectivity index (χ1) is 26.3. The third-order valence-electron chi connectivity index (χ3n) is 11.8. The molecule has 2 aliphatic rings. The minimum Gasteiger partial charge on any atom is -0.309 e. The lowest BCUT2D eigenvalue weighted by Crippen LogP contribution is -2.28. The summed E-state index contributed by atoms with van der Waals surface area (Å²) in [6, 6.07) is 56.6. The number of hydrogen-bond donors (Lipinski definition) is 0. The van der Waals surface area contributed by atoms with Crippen molar-refractivity contribution in [2.75, 3.05) is 0 Å². The fourth-order valence-electron chi connectivity index (χ4n) is 9.59. The van der Waals surface area contributed by atoms with Crippen LogP contribution in [-0.4, -0.2) is 19.5 Å². The summed E-state index contributed by atoms with van der Waals surface area (Å²) in [7, 11) is 0. The quantitative estimate of drug-likeness (QED) is 0.186. The van der Waals surface area contributed by atoms with Crippen LogP contribution >= 0.6 is 0 Å². The number of nitrogens with zero attached hydrogens (tertiary/aromatic N) is 4. The molecule has 0 aliphatic heterocycles. The molecule has 252 valence electrons. The summed E-state index contributed by atoms with van der Waals surface area (Å²) in [6.07, 6.45) is 6.19. The van der Waals surface area contributed by atoms with E-state index in [1.165, 1.54) is 86.9 Å². The van der Waals surface area contributed by atoms with Crippen LogP contribution in [0.5, 0.6) is 0 Å². The maximum atomic E-state index is 5.09. The summed E-state index contributed by atoms with van der Waals surface area (Å²) in [5.74, 6) is 1.98. The molecule has 4 nitrogen and oxygen atoms in total. The standard InChI is InChI=1S/C49H36N4/c1-4-17-32(18-5-1)46-50-47(33-19-6-2-7-20-33)52-48(51-46)34-21-16-22-35(31-34)53-41-28-13-11-26-39(41)43-44-42(36-23-8-9-24-37(36)45(43)53)38-25-10-12-27-40(38)49(44)29-14-3-15-30-49/h1-2,4-13,16-28,31H,3,14-15,29-30H2. The largest absolute Gasteiger partial charge is 0.309 e. The van der Waals surface area contributed by atoms with Crippen molar-refractivity contribution >= 4 is 32.6 Å². The van der Waals surface area contributed by atoms with E-state index in [0.29, 0.717) is 17.5 Å². The van der Waals surface area contributed by atoms with E-state index in [1.807, 2.05) is 36.4 Å². The van der Waals surface area contributed by atoms with Crippen LogP contribution in [0.1, 0.15) is 43.2 Å². The second-order valence-corrected chi connectivity index (χ2v) is 14.6. The van der Waals surface area contributed by atoms with Crippen LogP contribution in [-0.2, 0) is 5.41 Å². The van der Waals surface area contributed by atoms with E-state index in [2.05, 4.69) is 126 Å². The third kappa shape index (κ3) is 4.51. The van der Waals surface area contributed by atoms with Gasteiger partial charge in [-0.2, -0.15) is 0 Å². The Morgan fingerprint density at radius 1 is 0.472 bits per heavy atom. The maximum absolute atomic E-state index is 5.09. The van der Waals surface area contributed by atoms with Crippen molar-refractivity contribution in [1.82, 2.24) is 19.5 Å². The number of benzene rings is 7. The first-order valence-electron chi connectivity index (χ1n) is 18.8. The first kappa shape index (κ1) is 30.3. The Balaban J connectivity index is 1.20. The van der Waals surface area contributed by atoms with E-state index >= 15 is 0 Å². The van der Waals surface area contributed by atoms with Gasteiger partial charge < -0.3 is 4.57 Å². The van der Waals surface area contributed by atoms with Crippen LogP contribution in [0.15, 0.2) is 158 Å². The van der Waals surface area contributed by atoms with Crippen LogP contribution < -0.4 is 0 Å². The summed E-state index contributed by atoms with van der Waals surface area (Å²) in [5, 5.41) is 5.33. The Morgan fingerprint density at radius 2 is 1.04 bits per heavy atom. The van der Waals surface area contributed by atoms with Crippen molar-refractivity contribution < 1.29 is 0 Å². The van der Waals surface area contributed by atoms with E-state index in [4.69, 9.17) is 15.0 Å². The molecule has 2 aliphatic carbocycles. The molecule has 0 saturated heterocycles. The van der Waals surface area contributed by atoms with Gasteiger partial charge in [-0.1, -0.05) is 159 Å². The Labute approximate surface area is 308 Å². The van der Waals surface area contributed by atoms with Gasteiger partial charge in [0.2, 0.25) is 0 Å². The zero-order valence-electron chi connectivity index (χ0n) is 29.3. The fraction of sp³-hybridized carbons (Fsp3) is 0.122. The summed E-state index contributed by atoms with van der Waals surface area (Å²) < 4.78 is 2.51. The Kier molecular flexibility index (Phi) is 6.75. The highest BCUT2D eigenvalue weighted by molar-refractivity contribution is 6.25. The van der Waals surface area contributed by atoms with Crippen molar-refractivity contribution in [3.05, 3.63) is 169 Å². The van der Waals surface area contributed by atoms with Crippen LogP contribution in [0.25, 0.3) is 83.6 Å². The Hall–Kier alpha value is -6.39. The van der Waals surface area contributed by atoms with Crippen molar-refractivity contribution in [2.45, 2.75) is 37.5 Å². The normalized spacial score (nSPS) is 14.6. The van der Waals surface area contributed by atoms with Gasteiger partial charge in [0.05, 0.1) is 11.0 Å². The van der Waals surface area contributed by atoms with Gasteiger partial charge in [0.25, 0.3) is 0 Å². The van der Waals surface area contributed by atoms with E-state index in [0.717, 1.165) is 22.4 Å². The average molecular weight is 681 g/mol. The highest BCUT2D eigenvalue weighted by atomic mass is 15.0. The molecule has 0 unspecified atom stereocenters. The van der Waals surface area contributed by atoms with Crippen LogP contribution in [0.2, 0.25) is 0 Å². The molecule has 7 aromatic carbocycles. The van der Waals surface area contributed by atoms with Gasteiger partial charge in [0.15, 0.2) is 17.5 Å². The Morgan fingerprint density at radius 3 is 1.75 bits per heavy atom. The SMILES string of the molecule is c1ccc(-c2nc(-c3ccccc3)nc(-c3cccc(-n4c5ccccc5c5c6c(c7ccccc7c54)-c4ccccc4C64CCCCC4)c3)n2)cc1. The molecule has 9 aromatic rings. The minimum absolute atomic E-state index is 0.00974. The smallest absolute Gasteiger partial charge is 0.164 e. The topological polar surface area (TPSA) is 43.6 Å². The minimum atomic E-state index is 0.00974. The fourth-order valence-corrected chi connectivity index (χ4v) is 9.59. The summed E-state index contributed by atoms with van der Waals surface area (Å²) in [5.41, 5.74) is 12.4. The molecule has 0 N–H and O–H groups in total. The molecule has 0 atom stereocenters. The summed E-state index contributed by atoms with van der Waals surface area (Å²) in [6.45, 7) is 0. The monoisotopic (exact) mass is 680 g/mol.